The minimum Gasteiger partial charge on any atom is -0.497 e. The lowest BCUT2D eigenvalue weighted by Crippen LogP contribution is -2.52. The predicted molar refractivity (Wildman–Crippen MR) is 192 cm³/mol. The summed E-state index contributed by atoms with van der Waals surface area (Å²) in [6.45, 7) is 7.52. The molecule has 0 aliphatic carbocycles. The summed E-state index contributed by atoms with van der Waals surface area (Å²) in [7, 11) is -0.809. The zero-order valence-corrected chi connectivity index (χ0v) is 29.7. The topological polar surface area (TPSA) is 79.3 Å². The van der Waals surface area contributed by atoms with Gasteiger partial charge < -0.3 is 24.4 Å². The molecule has 2 amide bonds. The average Bonchev–Trinajstić information content (AvgIpc) is 3.51. The molecular weight excluding hydrogens is 640 g/mol. The van der Waals surface area contributed by atoms with Crippen LogP contribution in [0.5, 0.6) is 5.75 Å². The molecule has 4 aromatic carbocycles. The Kier molecular flexibility index (Phi) is 9.81. The molecule has 48 heavy (non-hydrogen) atoms. The van der Waals surface area contributed by atoms with Crippen molar-refractivity contribution in [3.05, 3.63) is 125 Å². The Balaban J connectivity index is 1.43. The van der Waals surface area contributed by atoms with Crippen molar-refractivity contribution in [1.82, 2.24) is 4.90 Å². The second-order valence-corrected chi connectivity index (χ2v) is 18.5. The van der Waals surface area contributed by atoms with E-state index in [4.69, 9.17) is 21.1 Å². The number of aliphatic hydroxyl groups is 1. The first-order chi connectivity index (χ1) is 23.1. The number of benzene rings is 4. The molecule has 4 atom stereocenters. The van der Waals surface area contributed by atoms with Gasteiger partial charge in [-0.25, -0.2) is 0 Å². The van der Waals surface area contributed by atoms with E-state index in [9.17, 15) is 14.7 Å². The average molecular weight is 683 g/mol. The molecule has 0 unspecified atom stereocenters. The molecular formula is C39H43ClN2O5Si. The summed E-state index contributed by atoms with van der Waals surface area (Å²) >= 11 is 6.64. The summed E-state index contributed by atoms with van der Waals surface area (Å²) in [6.07, 6.45) is -0.474. The number of methoxy groups -OCH3 is 1. The van der Waals surface area contributed by atoms with E-state index in [1.165, 1.54) is 5.19 Å². The van der Waals surface area contributed by atoms with Crippen LogP contribution in [0.4, 0.5) is 5.69 Å². The maximum Gasteiger partial charge on any atom is 0.264 e. The molecule has 1 saturated heterocycles. The van der Waals surface area contributed by atoms with Crippen LogP contribution in [0, 0.1) is 5.92 Å². The standard InChI is InChI=1S/C39H43ClN2O5Si/c1-27-37(48(3,4)32-18-16-31(46-2)17-19-32)35(24-36(44)41(21-22-43)25-28-11-7-5-8-12-28)47-39(27)33-23-30(40)15-20-34(33)42(38(39)45)26-29-13-9-6-10-14-29/h5-20,23,27,35,37,43H,21-22,24-26H2,1-4H3/t27-,35+,37-,39+/m1/s1. The number of hydrogen-bond donors (Lipinski definition) is 1. The van der Waals surface area contributed by atoms with Crippen LogP contribution in [0.2, 0.25) is 23.7 Å². The molecule has 9 heteroatoms. The van der Waals surface area contributed by atoms with Crippen LogP contribution in [-0.4, -0.2) is 56.3 Å². The van der Waals surface area contributed by atoms with Crippen molar-refractivity contribution >= 4 is 42.4 Å². The molecule has 7 nitrogen and oxygen atoms in total. The van der Waals surface area contributed by atoms with Crippen LogP contribution in [0.1, 0.15) is 30.0 Å². The maximum absolute atomic E-state index is 14.9. The van der Waals surface area contributed by atoms with Gasteiger partial charge in [-0.2, -0.15) is 0 Å². The van der Waals surface area contributed by atoms with E-state index in [2.05, 4.69) is 32.2 Å². The number of ether oxygens (including phenoxy) is 2. The van der Waals surface area contributed by atoms with Gasteiger partial charge in [0.1, 0.15) is 5.75 Å². The minimum atomic E-state index is -2.46. The third-order valence-corrected chi connectivity index (χ3v) is 14.9. The normalized spacial score (nSPS) is 21.8. The van der Waals surface area contributed by atoms with Crippen molar-refractivity contribution in [2.24, 2.45) is 5.92 Å². The lowest BCUT2D eigenvalue weighted by Gasteiger charge is -2.37. The number of nitrogens with zero attached hydrogens (tertiary/aromatic N) is 2. The van der Waals surface area contributed by atoms with Crippen molar-refractivity contribution in [2.45, 2.75) is 56.8 Å². The number of anilines is 1. The molecule has 0 radical (unpaired) electrons. The first kappa shape index (κ1) is 33.9. The van der Waals surface area contributed by atoms with Gasteiger partial charge >= 0.3 is 0 Å². The highest BCUT2D eigenvalue weighted by Crippen LogP contribution is 2.60. The van der Waals surface area contributed by atoms with Crippen LogP contribution < -0.4 is 14.8 Å². The second-order valence-electron chi connectivity index (χ2n) is 13.4. The number of halogens is 1. The van der Waals surface area contributed by atoms with Crippen molar-refractivity contribution in [3.63, 3.8) is 0 Å². The summed E-state index contributed by atoms with van der Waals surface area (Å²) in [6, 6.07) is 33.5. The number of hydrogen-bond acceptors (Lipinski definition) is 5. The molecule has 6 rings (SSSR count). The zero-order chi connectivity index (χ0) is 34.1. The number of aliphatic hydroxyl groups excluding tert-OH is 1. The molecule has 0 aromatic heterocycles. The van der Waals surface area contributed by atoms with E-state index in [1.54, 1.807) is 12.0 Å². The quantitative estimate of drug-likeness (QED) is 0.182. The molecule has 1 fully saturated rings. The molecule has 250 valence electrons. The largest absolute Gasteiger partial charge is 0.497 e. The van der Waals surface area contributed by atoms with Crippen LogP contribution in [-0.2, 0) is 33.0 Å². The first-order valence-corrected chi connectivity index (χ1v) is 20.0. The van der Waals surface area contributed by atoms with E-state index >= 15 is 0 Å². The Morgan fingerprint density at radius 1 is 0.979 bits per heavy atom. The van der Waals surface area contributed by atoms with Crippen molar-refractivity contribution in [1.29, 1.82) is 0 Å². The third-order valence-electron chi connectivity index (χ3n) is 10.3. The lowest BCUT2D eigenvalue weighted by atomic mass is 9.82. The number of fused-ring (bicyclic) bond motifs is 2. The van der Waals surface area contributed by atoms with Gasteiger partial charge in [-0.15, -0.1) is 0 Å². The van der Waals surface area contributed by atoms with Gasteiger partial charge in [-0.1, -0.05) is 110 Å². The van der Waals surface area contributed by atoms with Gasteiger partial charge in [0.25, 0.3) is 5.91 Å². The number of amides is 2. The maximum atomic E-state index is 14.9. The molecule has 1 spiro atoms. The third kappa shape index (κ3) is 6.18. The lowest BCUT2D eigenvalue weighted by molar-refractivity contribution is -0.150. The van der Waals surface area contributed by atoms with E-state index < -0.39 is 19.8 Å². The first-order valence-electron chi connectivity index (χ1n) is 16.5. The predicted octanol–water partition coefficient (Wildman–Crippen LogP) is 6.52. The Labute approximate surface area is 289 Å². The molecule has 0 bridgehead atoms. The van der Waals surface area contributed by atoms with Gasteiger partial charge in [-0.3, -0.25) is 9.59 Å². The fraction of sp³-hybridized carbons (Fsp3) is 0.333. The van der Waals surface area contributed by atoms with Crippen molar-refractivity contribution in [2.75, 3.05) is 25.2 Å². The van der Waals surface area contributed by atoms with Crippen molar-refractivity contribution < 1.29 is 24.2 Å². The molecule has 4 aromatic rings. The SMILES string of the molecule is COc1ccc([Si](C)(C)[C@H]2[C@H](CC(=O)N(CCO)Cc3ccccc3)O[C@@]3(C(=O)N(Cc4ccccc4)c4ccc(Cl)cc43)[C@@H]2C)cc1. The molecule has 2 aliphatic heterocycles. The second kappa shape index (κ2) is 13.9. The summed E-state index contributed by atoms with van der Waals surface area (Å²) in [5.41, 5.74) is 2.08. The highest BCUT2D eigenvalue weighted by molar-refractivity contribution is 6.91. The Hall–Kier alpha value is -3.95. The van der Waals surface area contributed by atoms with Crippen molar-refractivity contribution in [3.8, 4) is 5.75 Å². The smallest absolute Gasteiger partial charge is 0.264 e. The van der Waals surface area contributed by atoms with E-state index in [1.807, 2.05) is 95.9 Å². The van der Waals surface area contributed by atoms with Crippen LogP contribution in [0.3, 0.4) is 0 Å². The fourth-order valence-corrected chi connectivity index (χ4v) is 12.1. The van der Waals surface area contributed by atoms with Crippen LogP contribution in [0.15, 0.2) is 103 Å². The zero-order valence-electron chi connectivity index (χ0n) is 27.9. The fourth-order valence-electron chi connectivity index (χ4n) is 7.93. The number of rotatable bonds is 11. The van der Waals surface area contributed by atoms with Gasteiger partial charge in [-0.05, 0) is 47.0 Å². The Bertz CT molecular complexity index is 1750. The van der Waals surface area contributed by atoms with E-state index in [0.717, 1.165) is 28.1 Å². The van der Waals surface area contributed by atoms with Gasteiger partial charge in [0.15, 0.2) is 5.60 Å². The van der Waals surface area contributed by atoms with Crippen LogP contribution >= 0.6 is 11.6 Å². The summed E-state index contributed by atoms with van der Waals surface area (Å²) in [5, 5.41) is 11.6. The summed E-state index contributed by atoms with van der Waals surface area (Å²) in [5.74, 6) is 0.246. The summed E-state index contributed by atoms with van der Waals surface area (Å²) in [4.78, 5) is 32.6. The Morgan fingerprint density at radius 2 is 1.62 bits per heavy atom. The summed E-state index contributed by atoms with van der Waals surface area (Å²) < 4.78 is 12.6. The van der Waals surface area contributed by atoms with Gasteiger partial charge in [0, 0.05) is 29.6 Å². The highest BCUT2D eigenvalue weighted by Gasteiger charge is 2.66. The monoisotopic (exact) mass is 682 g/mol. The molecule has 1 N–H and O–H groups in total. The van der Waals surface area contributed by atoms with Crippen LogP contribution in [0.25, 0.3) is 0 Å². The molecule has 2 heterocycles. The van der Waals surface area contributed by atoms with Gasteiger partial charge in [0.05, 0.1) is 46.5 Å². The number of carbonyl (C=O) groups is 2. The number of carbonyl (C=O) groups excluding carboxylic acids is 2. The van der Waals surface area contributed by atoms with E-state index in [-0.39, 0.29) is 42.8 Å². The highest BCUT2D eigenvalue weighted by atomic mass is 35.5. The minimum absolute atomic E-state index is 0.0814. The molecule has 2 aliphatic rings. The van der Waals surface area contributed by atoms with Gasteiger partial charge in [0.2, 0.25) is 5.91 Å². The molecule has 0 saturated carbocycles. The van der Waals surface area contributed by atoms with E-state index in [0.29, 0.717) is 18.1 Å². The Morgan fingerprint density at radius 3 is 2.25 bits per heavy atom.